The molecule has 0 radical (unpaired) electrons. The minimum atomic E-state index is -0.475. The van der Waals surface area contributed by atoms with Crippen LogP contribution in [-0.4, -0.2) is 18.9 Å². The van der Waals surface area contributed by atoms with E-state index in [1.54, 1.807) is 48.6 Å². The van der Waals surface area contributed by atoms with Crippen molar-refractivity contribution in [1.82, 2.24) is 5.43 Å². The molecule has 1 aliphatic heterocycles. The van der Waals surface area contributed by atoms with E-state index in [1.165, 1.54) is 12.1 Å². The SMILES string of the molecule is C=CCc1cc(/C=C2/C(=O)NN(c3ccccc3)C2=O)cc(OC)c1OCc1ccccc1Cl. The van der Waals surface area contributed by atoms with Crippen molar-refractivity contribution >= 4 is 35.2 Å². The summed E-state index contributed by atoms with van der Waals surface area (Å²) in [5, 5.41) is 1.85. The van der Waals surface area contributed by atoms with Gasteiger partial charge in [-0.05, 0) is 48.4 Å². The molecule has 0 bridgehead atoms. The molecule has 1 heterocycles. The van der Waals surface area contributed by atoms with E-state index in [2.05, 4.69) is 12.0 Å². The number of amides is 2. The number of para-hydroxylation sites is 1. The number of hydrogen-bond acceptors (Lipinski definition) is 4. The van der Waals surface area contributed by atoms with Crippen LogP contribution in [0.4, 0.5) is 5.69 Å². The molecule has 3 aromatic carbocycles. The van der Waals surface area contributed by atoms with Gasteiger partial charge in [-0.15, -0.1) is 6.58 Å². The number of hydrazine groups is 1. The Morgan fingerprint density at radius 2 is 1.76 bits per heavy atom. The predicted octanol–water partition coefficient (Wildman–Crippen LogP) is 5.12. The molecule has 1 saturated heterocycles. The van der Waals surface area contributed by atoms with Gasteiger partial charge in [0, 0.05) is 16.1 Å². The maximum atomic E-state index is 12.9. The molecule has 0 unspecified atom stereocenters. The third-order valence-corrected chi connectivity index (χ3v) is 5.65. The van der Waals surface area contributed by atoms with Crippen molar-refractivity contribution in [3.8, 4) is 11.5 Å². The fourth-order valence-electron chi connectivity index (χ4n) is 3.64. The Morgan fingerprint density at radius 3 is 2.47 bits per heavy atom. The molecule has 34 heavy (non-hydrogen) atoms. The molecule has 172 valence electrons. The zero-order chi connectivity index (χ0) is 24.1. The van der Waals surface area contributed by atoms with E-state index >= 15 is 0 Å². The Morgan fingerprint density at radius 1 is 1.03 bits per heavy atom. The van der Waals surface area contributed by atoms with Gasteiger partial charge in [-0.3, -0.25) is 15.0 Å². The fourth-order valence-corrected chi connectivity index (χ4v) is 3.83. The lowest BCUT2D eigenvalue weighted by atomic mass is 10.0. The van der Waals surface area contributed by atoms with Gasteiger partial charge >= 0.3 is 0 Å². The average Bonchev–Trinajstić information content (AvgIpc) is 3.13. The van der Waals surface area contributed by atoms with Crippen LogP contribution in [0.15, 0.2) is 85.0 Å². The number of carbonyl (C=O) groups excluding carboxylic acids is 2. The van der Waals surface area contributed by atoms with Crippen LogP contribution in [0, 0.1) is 0 Å². The summed E-state index contributed by atoms with van der Waals surface area (Å²) in [6.07, 6.45) is 3.80. The Kier molecular flexibility index (Phi) is 6.99. The molecular formula is C27H23ClN2O4. The van der Waals surface area contributed by atoms with Crippen molar-refractivity contribution in [2.45, 2.75) is 13.0 Å². The average molecular weight is 475 g/mol. The molecule has 0 atom stereocenters. The van der Waals surface area contributed by atoms with Crippen LogP contribution < -0.4 is 19.9 Å². The second-order valence-electron chi connectivity index (χ2n) is 7.56. The first-order valence-corrected chi connectivity index (χ1v) is 11.0. The number of methoxy groups -OCH3 is 1. The lowest BCUT2D eigenvalue weighted by Gasteiger charge is -2.16. The minimum Gasteiger partial charge on any atom is -0.493 e. The maximum absolute atomic E-state index is 12.9. The van der Waals surface area contributed by atoms with Gasteiger partial charge in [0.1, 0.15) is 12.2 Å². The van der Waals surface area contributed by atoms with Crippen LogP contribution in [-0.2, 0) is 22.6 Å². The highest BCUT2D eigenvalue weighted by Crippen LogP contribution is 2.36. The summed E-state index contributed by atoms with van der Waals surface area (Å²) in [5.41, 5.74) is 5.49. The van der Waals surface area contributed by atoms with Crippen molar-refractivity contribution in [2.24, 2.45) is 0 Å². The zero-order valence-corrected chi connectivity index (χ0v) is 19.3. The Labute approximate surface area is 203 Å². The molecule has 4 rings (SSSR count). The van der Waals surface area contributed by atoms with Crippen LogP contribution >= 0.6 is 11.6 Å². The van der Waals surface area contributed by atoms with Crippen LogP contribution in [0.1, 0.15) is 16.7 Å². The number of hydrogen-bond donors (Lipinski definition) is 1. The van der Waals surface area contributed by atoms with Crippen molar-refractivity contribution in [1.29, 1.82) is 0 Å². The highest BCUT2D eigenvalue weighted by Gasteiger charge is 2.34. The van der Waals surface area contributed by atoms with Crippen molar-refractivity contribution in [3.05, 3.63) is 107 Å². The van der Waals surface area contributed by atoms with E-state index in [0.717, 1.165) is 11.1 Å². The Hall–Kier alpha value is -4.03. The number of anilines is 1. The van der Waals surface area contributed by atoms with Gasteiger partial charge < -0.3 is 9.47 Å². The van der Waals surface area contributed by atoms with Gasteiger partial charge in [0.25, 0.3) is 11.8 Å². The number of benzene rings is 3. The highest BCUT2D eigenvalue weighted by atomic mass is 35.5. The lowest BCUT2D eigenvalue weighted by molar-refractivity contribution is -0.117. The third kappa shape index (κ3) is 4.82. The van der Waals surface area contributed by atoms with E-state index in [-0.39, 0.29) is 12.2 Å². The summed E-state index contributed by atoms with van der Waals surface area (Å²) >= 11 is 6.26. The monoisotopic (exact) mass is 474 g/mol. The van der Waals surface area contributed by atoms with Gasteiger partial charge in [-0.2, -0.15) is 0 Å². The number of rotatable bonds is 8. The molecule has 0 saturated carbocycles. The molecule has 6 nitrogen and oxygen atoms in total. The van der Waals surface area contributed by atoms with Crippen LogP contribution in [0.3, 0.4) is 0 Å². The summed E-state index contributed by atoms with van der Waals surface area (Å²) in [6.45, 7) is 4.09. The first-order chi connectivity index (χ1) is 16.5. The van der Waals surface area contributed by atoms with Crippen LogP contribution in [0.2, 0.25) is 5.02 Å². The van der Waals surface area contributed by atoms with Gasteiger partial charge in [0.15, 0.2) is 11.5 Å². The first kappa shape index (κ1) is 23.1. The number of ether oxygens (including phenoxy) is 2. The standard InChI is InChI=1S/C27H23ClN2O4/c1-3-9-19-14-18(15-22-26(31)29-30(27(22)32)21-11-5-4-6-12-21)16-24(33-2)25(19)34-17-20-10-7-8-13-23(20)28/h3-8,10-16H,1,9,17H2,2H3,(H,29,31)/b22-15-. The third-order valence-electron chi connectivity index (χ3n) is 5.28. The van der Waals surface area contributed by atoms with Gasteiger partial charge in [-0.25, -0.2) is 5.01 Å². The van der Waals surface area contributed by atoms with E-state index < -0.39 is 11.8 Å². The normalized spacial score (nSPS) is 14.3. The molecule has 3 aromatic rings. The Bertz CT molecular complexity index is 1270. The summed E-state index contributed by atoms with van der Waals surface area (Å²) in [6, 6.07) is 20.0. The van der Waals surface area contributed by atoms with Crippen molar-refractivity contribution < 1.29 is 19.1 Å². The second-order valence-corrected chi connectivity index (χ2v) is 7.97. The quantitative estimate of drug-likeness (QED) is 0.279. The predicted molar refractivity (Wildman–Crippen MR) is 133 cm³/mol. The smallest absolute Gasteiger partial charge is 0.282 e. The topological polar surface area (TPSA) is 67.9 Å². The largest absolute Gasteiger partial charge is 0.493 e. The van der Waals surface area contributed by atoms with E-state index in [1.807, 2.05) is 30.3 Å². The van der Waals surface area contributed by atoms with Crippen molar-refractivity contribution in [3.63, 3.8) is 0 Å². The molecule has 0 spiro atoms. The van der Waals surface area contributed by atoms with Gasteiger partial charge in [-0.1, -0.05) is 54.1 Å². The highest BCUT2D eigenvalue weighted by molar-refractivity contribution is 6.32. The number of halogens is 1. The van der Waals surface area contributed by atoms with E-state index in [0.29, 0.717) is 34.2 Å². The Balaban J connectivity index is 1.66. The number of nitrogens with zero attached hydrogens (tertiary/aromatic N) is 1. The van der Waals surface area contributed by atoms with Crippen molar-refractivity contribution in [2.75, 3.05) is 12.1 Å². The molecule has 1 fully saturated rings. The van der Waals surface area contributed by atoms with E-state index in [4.69, 9.17) is 21.1 Å². The number of nitrogens with one attached hydrogen (secondary N) is 1. The second kappa shape index (κ2) is 10.3. The molecule has 0 aromatic heterocycles. The van der Waals surface area contributed by atoms with Crippen LogP contribution in [0.25, 0.3) is 6.08 Å². The minimum absolute atomic E-state index is 0.0280. The van der Waals surface area contributed by atoms with E-state index in [9.17, 15) is 9.59 Å². The lowest BCUT2D eigenvalue weighted by Crippen LogP contribution is -2.35. The fraction of sp³-hybridized carbons (Fsp3) is 0.111. The van der Waals surface area contributed by atoms with Gasteiger partial charge in [0.2, 0.25) is 0 Å². The van der Waals surface area contributed by atoms with Gasteiger partial charge in [0.05, 0.1) is 12.8 Å². The number of allylic oxidation sites excluding steroid dienone is 1. The zero-order valence-electron chi connectivity index (χ0n) is 18.6. The van der Waals surface area contributed by atoms with Crippen LogP contribution in [0.5, 0.6) is 11.5 Å². The summed E-state index contributed by atoms with van der Waals surface area (Å²) in [5.74, 6) is 0.123. The molecule has 1 N–H and O–H groups in total. The molecule has 0 aliphatic carbocycles. The summed E-state index contributed by atoms with van der Waals surface area (Å²) in [4.78, 5) is 25.5. The number of carbonyl (C=O) groups is 2. The maximum Gasteiger partial charge on any atom is 0.282 e. The molecule has 1 aliphatic rings. The molecule has 2 amide bonds. The summed E-state index contributed by atoms with van der Waals surface area (Å²) in [7, 11) is 1.54. The first-order valence-electron chi connectivity index (χ1n) is 10.6. The molecule has 7 heteroatoms. The summed E-state index contributed by atoms with van der Waals surface area (Å²) < 4.78 is 11.7. The molecular weight excluding hydrogens is 452 g/mol.